The molecule has 0 aromatic heterocycles. The molecule has 30 heavy (non-hydrogen) atoms. The van der Waals surface area contributed by atoms with Crippen LogP contribution in [0.2, 0.25) is 0 Å². The van der Waals surface area contributed by atoms with Crippen LogP contribution < -0.4 is 20.1 Å². The molecule has 3 rings (SSSR count). The fraction of sp³-hybridized carbons (Fsp3) is 0.286. The Balaban J connectivity index is 1.41. The van der Waals surface area contributed by atoms with E-state index in [2.05, 4.69) is 26.6 Å². The Morgan fingerprint density at radius 1 is 1.07 bits per heavy atom. The Hall–Kier alpha value is -3.07. The van der Waals surface area contributed by atoms with Crippen molar-refractivity contribution >= 4 is 33.7 Å². The van der Waals surface area contributed by atoms with Crippen molar-refractivity contribution in [2.45, 2.75) is 13.0 Å². The van der Waals surface area contributed by atoms with E-state index in [4.69, 9.17) is 14.2 Å². The van der Waals surface area contributed by atoms with Gasteiger partial charge in [-0.05, 0) is 48.9 Å². The molecule has 0 unspecified atom stereocenters. The first-order chi connectivity index (χ1) is 14.4. The van der Waals surface area contributed by atoms with E-state index in [0.29, 0.717) is 30.3 Å². The molecule has 0 radical (unpaired) electrons. The molecule has 8 nitrogen and oxygen atoms in total. The molecule has 0 bridgehead atoms. The van der Waals surface area contributed by atoms with Crippen molar-refractivity contribution in [1.82, 2.24) is 10.6 Å². The van der Waals surface area contributed by atoms with Gasteiger partial charge >= 0.3 is 5.97 Å². The average Bonchev–Trinajstić information content (AvgIpc) is 2.76. The number of carbonyl (C=O) groups excluding carboxylic acids is 3. The zero-order valence-electron chi connectivity index (χ0n) is 16.3. The monoisotopic (exact) mass is 476 g/mol. The number of hydrogen-bond donors (Lipinski definition) is 2. The molecule has 1 heterocycles. The quantitative estimate of drug-likeness (QED) is 0.594. The fourth-order valence-corrected chi connectivity index (χ4v) is 3.01. The van der Waals surface area contributed by atoms with Gasteiger partial charge in [-0.3, -0.25) is 14.4 Å². The first-order valence-electron chi connectivity index (χ1n) is 9.30. The van der Waals surface area contributed by atoms with Gasteiger partial charge < -0.3 is 24.8 Å². The molecule has 1 aliphatic heterocycles. The minimum absolute atomic E-state index is 0.316. The van der Waals surface area contributed by atoms with Crippen molar-refractivity contribution in [3.05, 3.63) is 58.1 Å². The third-order valence-electron chi connectivity index (χ3n) is 4.31. The summed E-state index contributed by atoms with van der Waals surface area (Å²) >= 11 is 3.28. The maximum absolute atomic E-state index is 12.1. The molecule has 2 aromatic carbocycles. The van der Waals surface area contributed by atoms with Gasteiger partial charge in [0.15, 0.2) is 18.1 Å². The van der Waals surface area contributed by atoms with Crippen LogP contribution in [0.1, 0.15) is 28.9 Å². The van der Waals surface area contributed by atoms with Gasteiger partial charge in [0.25, 0.3) is 11.8 Å². The van der Waals surface area contributed by atoms with Crippen LogP contribution in [-0.4, -0.2) is 44.1 Å². The summed E-state index contributed by atoms with van der Waals surface area (Å²) in [5.41, 5.74) is 1.25. The average molecular weight is 477 g/mol. The van der Waals surface area contributed by atoms with Crippen molar-refractivity contribution in [3.63, 3.8) is 0 Å². The zero-order valence-corrected chi connectivity index (χ0v) is 17.9. The van der Waals surface area contributed by atoms with E-state index in [-0.39, 0.29) is 12.6 Å². The molecule has 2 aromatic rings. The Labute approximate surface area is 182 Å². The highest BCUT2D eigenvalue weighted by molar-refractivity contribution is 9.10. The van der Waals surface area contributed by atoms with Crippen LogP contribution in [0.25, 0.3) is 0 Å². The lowest BCUT2D eigenvalue weighted by Crippen LogP contribution is -2.34. The van der Waals surface area contributed by atoms with Crippen molar-refractivity contribution < 1.29 is 28.6 Å². The van der Waals surface area contributed by atoms with Crippen molar-refractivity contribution in [2.75, 3.05) is 26.4 Å². The lowest BCUT2D eigenvalue weighted by atomic mass is 10.1. The topological polar surface area (TPSA) is 103 Å². The van der Waals surface area contributed by atoms with Crippen LogP contribution in [0.4, 0.5) is 0 Å². The van der Waals surface area contributed by atoms with Gasteiger partial charge in [-0.25, -0.2) is 0 Å². The minimum Gasteiger partial charge on any atom is -0.486 e. The fourth-order valence-electron chi connectivity index (χ4n) is 2.75. The summed E-state index contributed by atoms with van der Waals surface area (Å²) in [6, 6.07) is 11.8. The molecule has 2 amide bonds. The minimum atomic E-state index is -0.706. The highest BCUT2D eigenvalue weighted by Gasteiger charge is 2.17. The number of fused-ring (bicyclic) bond motifs is 1. The van der Waals surface area contributed by atoms with E-state index in [0.717, 1.165) is 10.0 Å². The van der Waals surface area contributed by atoms with Crippen LogP contribution in [-0.2, 0) is 14.3 Å². The molecule has 0 spiro atoms. The standard InChI is InChI=1S/C21H21BrN2O6/c1-13(15-4-7-17-18(10-15)29-9-8-28-17)24-19(25)12-30-20(26)11-23-21(27)14-2-5-16(22)6-3-14/h2-7,10,13H,8-9,11-12H2,1H3,(H,23,27)(H,24,25)/t13-/m1/s1. The number of carbonyl (C=O) groups is 3. The predicted octanol–water partition coefficient (Wildman–Crippen LogP) is 2.37. The van der Waals surface area contributed by atoms with Gasteiger partial charge in [0.2, 0.25) is 0 Å². The van der Waals surface area contributed by atoms with Gasteiger partial charge in [0, 0.05) is 10.0 Å². The number of amides is 2. The molecule has 0 fully saturated rings. The Bertz CT molecular complexity index is 932. The van der Waals surface area contributed by atoms with Crippen molar-refractivity contribution in [1.29, 1.82) is 0 Å². The molecule has 0 saturated carbocycles. The summed E-state index contributed by atoms with van der Waals surface area (Å²) in [5, 5.41) is 5.20. The second kappa shape index (κ2) is 10.1. The third-order valence-corrected chi connectivity index (χ3v) is 4.84. The van der Waals surface area contributed by atoms with Crippen LogP contribution in [0.3, 0.4) is 0 Å². The zero-order chi connectivity index (χ0) is 21.5. The number of benzene rings is 2. The number of rotatable bonds is 7. The van der Waals surface area contributed by atoms with Gasteiger partial charge in [-0.15, -0.1) is 0 Å². The van der Waals surface area contributed by atoms with Crippen LogP contribution >= 0.6 is 15.9 Å². The normalized spacial score (nSPS) is 13.1. The summed E-state index contributed by atoms with van der Waals surface area (Å²) in [6.07, 6.45) is 0. The van der Waals surface area contributed by atoms with Gasteiger partial charge in [0.05, 0.1) is 6.04 Å². The first kappa shape index (κ1) is 21.6. The Kier molecular flexibility index (Phi) is 7.29. The smallest absolute Gasteiger partial charge is 0.325 e. The number of esters is 1. The third kappa shape index (κ3) is 5.96. The van der Waals surface area contributed by atoms with Crippen LogP contribution in [0, 0.1) is 0 Å². The van der Waals surface area contributed by atoms with Crippen molar-refractivity contribution in [3.8, 4) is 11.5 Å². The van der Waals surface area contributed by atoms with Gasteiger partial charge in [0.1, 0.15) is 19.8 Å². The second-order valence-electron chi connectivity index (χ2n) is 6.54. The molecule has 0 aliphatic carbocycles. The number of halogens is 1. The first-order valence-corrected chi connectivity index (χ1v) is 10.1. The lowest BCUT2D eigenvalue weighted by molar-refractivity contribution is -0.147. The Morgan fingerprint density at radius 3 is 2.50 bits per heavy atom. The second-order valence-corrected chi connectivity index (χ2v) is 7.46. The molecule has 0 saturated heterocycles. The lowest BCUT2D eigenvalue weighted by Gasteiger charge is -2.21. The molecular weight excluding hydrogens is 456 g/mol. The van der Waals surface area contributed by atoms with E-state index in [1.165, 1.54) is 0 Å². The largest absolute Gasteiger partial charge is 0.486 e. The van der Waals surface area contributed by atoms with Crippen LogP contribution in [0.15, 0.2) is 46.9 Å². The predicted molar refractivity (Wildman–Crippen MR) is 111 cm³/mol. The van der Waals surface area contributed by atoms with E-state index in [1.807, 2.05) is 19.1 Å². The SMILES string of the molecule is C[C@@H](NC(=O)COC(=O)CNC(=O)c1ccc(Br)cc1)c1ccc2c(c1)OCCO2. The van der Waals surface area contributed by atoms with Crippen molar-refractivity contribution in [2.24, 2.45) is 0 Å². The highest BCUT2D eigenvalue weighted by atomic mass is 79.9. The van der Waals surface area contributed by atoms with E-state index >= 15 is 0 Å². The van der Waals surface area contributed by atoms with E-state index in [1.54, 1.807) is 30.3 Å². The molecule has 1 atom stereocenters. The maximum Gasteiger partial charge on any atom is 0.325 e. The summed E-state index contributed by atoms with van der Waals surface area (Å²) in [7, 11) is 0. The highest BCUT2D eigenvalue weighted by Crippen LogP contribution is 2.32. The number of nitrogens with one attached hydrogen (secondary N) is 2. The van der Waals surface area contributed by atoms with E-state index < -0.39 is 24.4 Å². The number of hydrogen-bond acceptors (Lipinski definition) is 6. The molecule has 1 aliphatic rings. The summed E-state index contributed by atoms with van der Waals surface area (Å²) < 4.78 is 16.8. The molecule has 2 N–H and O–H groups in total. The molecular formula is C21H21BrN2O6. The maximum atomic E-state index is 12.1. The summed E-state index contributed by atoms with van der Waals surface area (Å²) in [6.45, 7) is 2.02. The van der Waals surface area contributed by atoms with Gasteiger partial charge in [-0.1, -0.05) is 22.0 Å². The van der Waals surface area contributed by atoms with Crippen LogP contribution in [0.5, 0.6) is 11.5 Å². The number of ether oxygens (including phenoxy) is 3. The van der Waals surface area contributed by atoms with E-state index in [9.17, 15) is 14.4 Å². The Morgan fingerprint density at radius 2 is 1.77 bits per heavy atom. The summed E-state index contributed by atoms with van der Waals surface area (Å²) in [5.74, 6) is -0.265. The summed E-state index contributed by atoms with van der Waals surface area (Å²) in [4.78, 5) is 35.8. The molecule has 9 heteroatoms. The molecule has 158 valence electrons. The van der Waals surface area contributed by atoms with Gasteiger partial charge in [-0.2, -0.15) is 0 Å².